The SMILES string of the molecule is CC(C)NC(=O)c1[nH]cnc1C(N)=O.O=C(Nc1ccc(F)cc1Cl)C1CCCCC1. The molecular formula is C21H27ClFN5O3. The number of hydrogen-bond donors (Lipinski definition) is 4. The number of hydrogen-bond acceptors (Lipinski definition) is 4. The molecule has 0 aliphatic heterocycles. The van der Waals surface area contributed by atoms with Crippen molar-refractivity contribution in [3.63, 3.8) is 0 Å². The number of halogens is 2. The van der Waals surface area contributed by atoms with E-state index in [2.05, 4.69) is 20.6 Å². The van der Waals surface area contributed by atoms with Crippen LogP contribution in [0.5, 0.6) is 0 Å². The van der Waals surface area contributed by atoms with E-state index in [0.29, 0.717) is 5.69 Å². The smallest absolute Gasteiger partial charge is 0.270 e. The highest BCUT2D eigenvalue weighted by Gasteiger charge is 2.21. The van der Waals surface area contributed by atoms with E-state index in [0.717, 1.165) is 25.7 Å². The van der Waals surface area contributed by atoms with Gasteiger partial charge in [0, 0.05) is 12.0 Å². The number of nitrogens with zero attached hydrogens (tertiary/aromatic N) is 1. The highest BCUT2D eigenvalue weighted by molar-refractivity contribution is 6.33. The number of nitrogens with one attached hydrogen (secondary N) is 3. The Morgan fingerprint density at radius 3 is 2.48 bits per heavy atom. The minimum absolute atomic E-state index is 0.00166. The van der Waals surface area contributed by atoms with Gasteiger partial charge >= 0.3 is 0 Å². The normalized spacial score (nSPS) is 13.8. The zero-order valence-corrected chi connectivity index (χ0v) is 18.3. The van der Waals surface area contributed by atoms with E-state index in [1.54, 1.807) is 0 Å². The number of aromatic nitrogens is 2. The topological polar surface area (TPSA) is 130 Å². The Kier molecular flexibility index (Phi) is 8.99. The number of benzene rings is 1. The summed E-state index contributed by atoms with van der Waals surface area (Å²) in [5.41, 5.74) is 5.58. The lowest BCUT2D eigenvalue weighted by Crippen LogP contribution is -2.32. The van der Waals surface area contributed by atoms with Crippen LogP contribution in [0, 0.1) is 11.7 Å². The fraction of sp³-hybridized carbons (Fsp3) is 0.429. The van der Waals surface area contributed by atoms with Crippen molar-refractivity contribution in [2.24, 2.45) is 11.7 Å². The van der Waals surface area contributed by atoms with Crippen LogP contribution in [0.2, 0.25) is 5.02 Å². The molecule has 3 amide bonds. The first-order valence-corrected chi connectivity index (χ1v) is 10.5. The maximum atomic E-state index is 12.8. The molecule has 0 radical (unpaired) electrons. The molecule has 1 aliphatic rings. The Labute approximate surface area is 185 Å². The van der Waals surface area contributed by atoms with Gasteiger partial charge < -0.3 is 21.4 Å². The molecule has 8 nitrogen and oxygen atoms in total. The van der Waals surface area contributed by atoms with Crippen molar-refractivity contribution in [2.75, 3.05) is 5.32 Å². The Morgan fingerprint density at radius 1 is 1.23 bits per heavy atom. The van der Waals surface area contributed by atoms with Gasteiger partial charge in [-0.1, -0.05) is 30.9 Å². The highest BCUT2D eigenvalue weighted by Crippen LogP contribution is 2.27. The molecule has 1 saturated carbocycles. The third kappa shape index (κ3) is 7.36. The lowest BCUT2D eigenvalue weighted by molar-refractivity contribution is -0.120. The largest absolute Gasteiger partial charge is 0.364 e. The number of anilines is 1. The van der Waals surface area contributed by atoms with Crippen LogP contribution in [0.4, 0.5) is 10.1 Å². The number of carbonyl (C=O) groups is 3. The standard InChI is InChI=1S/C13H15ClFNO.C8H12N4O2/c14-11-8-10(15)6-7-12(11)16-13(17)9-4-2-1-3-5-9;1-4(2)12-8(14)6-5(7(9)13)10-3-11-6/h6-9H,1-5H2,(H,16,17);3-4H,1-2H3,(H2,9,13)(H,10,11)(H,12,14). The fourth-order valence-electron chi connectivity index (χ4n) is 3.18. The van der Waals surface area contributed by atoms with Crippen LogP contribution >= 0.6 is 11.6 Å². The molecule has 1 fully saturated rings. The second kappa shape index (κ2) is 11.5. The van der Waals surface area contributed by atoms with Crippen LogP contribution in [0.3, 0.4) is 0 Å². The van der Waals surface area contributed by atoms with Crippen LogP contribution in [-0.2, 0) is 4.79 Å². The minimum Gasteiger partial charge on any atom is -0.364 e. The van der Waals surface area contributed by atoms with Gasteiger partial charge in [0.1, 0.15) is 11.5 Å². The third-order valence-corrected chi connectivity index (χ3v) is 5.00. The number of imidazole rings is 1. The van der Waals surface area contributed by atoms with Gasteiger partial charge in [-0.25, -0.2) is 9.37 Å². The van der Waals surface area contributed by atoms with E-state index in [9.17, 15) is 18.8 Å². The summed E-state index contributed by atoms with van der Waals surface area (Å²) in [7, 11) is 0. The first kappa shape index (κ1) is 24.3. The molecule has 0 bridgehead atoms. The summed E-state index contributed by atoms with van der Waals surface area (Å²) in [6.45, 7) is 3.64. The molecule has 31 heavy (non-hydrogen) atoms. The summed E-state index contributed by atoms with van der Waals surface area (Å²) in [6, 6.07) is 3.99. The van der Waals surface area contributed by atoms with Gasteiger partial charge in [-0.3, -0.25) is 14.4 Å². The van der Waals surface area contributed by atoms with E-state index in [4.69, 9.17) is 17.3 Å². The van der Waals surface area contributed by atoms with Crippen molar-refractivity contribution in [3.8, 4) is 0 Å². The maximum Gasteiger partial charge on any atom is 0.270 e. The predicted molar refractivity (Wildman–Crippen MR) is 116 cm³/mol. The number of aromatic amines is 1. The monoisotopic (exact) mass is 451 g/mol. The molecule has 1 aliphatic carbocycles. The van der Waals surface area contributed by atoms with Crippen LogP contribution in [0.25, 0.3) is 0 Å². The Hall–Kier alpha value is -2.94. The lowest BCUT2D eigenvalue weighted by atomic mass is 9.88. The van der Waals surface area contributed by atoms with Crippen LogP contribution in [-0.4, -0.2) is 33.7 Å². The highest BCUT2D eigenvalue weighted by atomic mass is 35.5. The van der Waals surface area contributed by atoms with E-state index in [1.807, 2.05) is 13.8 Å². The van der Waals surface area contributed by atoms with Crippen molar-refractivity contribution < 1.29 is 18.8 Å². The number of rotatable bonds is 5. The molecule has 0 atom stereocenters. The van der Waals surface area contributed by atoms with E-state index in [-0.39, 0.29) is 40.2 Å². The Morgan fingerprint density at radius 2 is 1.90 bits per heavy atom. The molecule has 0 unspecified atom stereocenters. The van der Waals surface area contributed by atoms with Crippen molar-refractivity contribution >= 4 is 35.0 Å². The summed E-state index contributed by atoms with van der Waals surface area (Å²) < 4.78 is 12.8. The maximum absolute atomic E-state index is 12.8. The number of carbonyl (C=O) groups excluding carboxylic acids is 3. The van der Waals surface area contributed by atoms with E-state index < -0.39 is 11.7 Å². The molecule has 1 heterocycles. The molecule has 168 valence electrons. The van der Waals surface area contributed by atoms with Gasteiger partial charge in [0.2, 0.25) is 5.91 Å². The summed E-state index contributed by atoms with van der Waals surface area (Å²) in [6.07, 6.45) is 6.55. The second-order valence-electron chi connectivity index (χ2n) is 7.57. The average molecular weight is 452 g/mol. The average Bonchev–Trinajstić information content (AvgIpc) is 3.21. The van der Waals surface area contributed by atoms with E-state index in [1.165, 1.54) is 30.9 Å². The minimum atomic E-state index is -0.722. The van der Waals surface area contributed by atoms with Crippen LogP contribution in [0.15, 0.2) is 24.5 Å². The zero-order valence-electron chi connectivity index (χ0n) is 17.5. The van der Waals surface area contributed by atoms with Gasteiger partial charge in [0.05, 0.1) is 17.0 Å². The predicted octanol–water partition coefficient (Wildman–Crippen LogP) is 3.64. The first-order chi connectivity index (χ1) is 14.7. The quantitative estimate of drug-likeness (QED) is 0.552. The summed E-state index contributed by atoms with van der Waals surface area (Å²) in [5, 5.41) is 5.64. The van der Waals surface area contributed by atoms with Gasteiger partial charge in [-0.05, 0) is 44.9 Å². The lowest BCUT2D eigenvalue weighted by Gasteiger charge is -2.21. The third-order valence-electron chi connectivity index (χ3n) is 4.68. The number of amides is 3. The van der Waals surface area contributed by atoms with Gasteiger partial charge in [-0.2, -0.15) is 0 Å². The van der Waals surface area contributed by atoms with Crippen LogP contribution in [0.1, 0.15) is 66.9 Å². The molecule has 0 saturated heterocycles. The molecule has 1 aromatic heterocycles. The van der Waals surface area contributed by atoms with Crippen molar-refractivity contribution in [3.05, 3.63) is 46.8 Å². The molecular weight excluding hydrogens is 425 g/mol. The molecule has 5 N–H and O–H groups in total. The van der Waals surface area contributed by atoms with Crippen molar-refractivity contribution in [2.45, 2.75) is 52.0 Å². The van der Waals surface area contributed by atoms with Gasteiger partial charge in [-0.15, -0.1) is 0 Å². The first-order valence-electron chi connectivity index (χ1n) is 10.1. The second-order valence-corrected chi connectivity index (χ2v) is 7.97. The fourth-order valence-corrected chi connectivity index (χ4v) is 3.39. The molecule has 0 spiro atoms. The molecule has 10 heteroatoms. The van der Waals surface area contributed by atoms with Gasteiger partial charge in [0.25, 0.3) is 11.8 Å². The zero-order chi connectivity index (χ0) is 23.0. The Bertz CT molecular complexity index is 925. The summed E-state index contributed by atoms with van der Waals surface area (Å²) in [5.74, 6) is -1.43. The van der Waals surface area contributed by atoms with Crippen LogP contribution < -0.4 is 16.4 Å². The molecule has 2 aromatic rings. The summed E-state index contributed by atoms with van der Waals surface area (Å²) >= 11 is 5.86. The Balaban J connectivity index is 0.000000225. The number of primary amides is 1. The number of nitrogens with two attached hydrogens (primary N) is 1. The van der Waals surface area contributed by atoms with E-state index >= 15 is 0 Å². The van der Waals surface area contributed by atoms with Crippen molar-refractivity contribution in [1.82, 2.24) is 15.3 Å². The van der Waals surface area contributed by atoms with Gasteiger partial charge in [0.15, 0.2) is 5.69 Å². The molecule has 1 aromatic carbocycles. The molecule has 3 rings (SSSR count). The van der Waals surface area contributed by atoms with Crippen molar-refractivity contribution in [1.29, 1.82) is 0 Å². The number of H-pyrrole nitrogens is 1. The summed E-state index contributed by atoms with van der Waals surface area (Å²) in [4.78, 5) is 40.4.